The predicted molar refractivity (Wildman–Crippen MR) is 76.9 cm³/mol. The first-order valence-electron chi connectivity index (χ1n) is 6.96. The molecule has 20 heavy (non-hydrogen) atoms. The van der Waals surface area contributed by atoms with Crippen LogP contribution in [0.3, 0.4) is 0 Å². The van der Waals surface area contributed by atoms with Gasteiger partial charge in [0, 0.05) is 12.2 Å². The van der Waals surface area contributed by atoms with Crippen LogP contribution >= 0.6 is 0 Å². The van der Waals surface area contributed by atoms with Crippen molar-refractivity contribution < 1.29 is 0 Å². The Morgan fingerprint density at radius 2 is 2.10 bits per heavy atom. The van der Waals surface area contributed by atoms with Crippen LogP contribution in [0.2, 0.25) is 0 Å². The van der Waals surface area contributed by atoms with Crippen molar-refractivity contribution in [2.24, 2.45) is 0 Å². The molecule has 1 heterocycles. The highest BCUT2D eigenvalue weighted by atomic mass is 15.3. The quantitative estimate of drug-likeness (QED) is 0.904. The van der Waals surface area contributed by atoms with Gasteiger partial charge in [0.05, 0.1) is 18.3 Å². The number of nitriles is 1. The van der Waals surface area contributed by atoms with Crippen molar-refractivity contribution in [1.82, 2.24) is 15.1 Å². The Bertz CT molecular complexity index is 621. The van der Waals surface area contributed by atoms with Gasteiger partial charge in [0.25, 0.3) is 0 Å². The topological polar surface area (TPSA) is 53.6 Å². The Morgan fingerprint density at radius 1 is 1.35 bits per heavy atom. The zero-order valence-electron chi connectivity index (χ0n) is 11.6. The first kappa shape index (κ1) is 12.9. The first-order valence-corrected chi connectivity index (χ1v) is 6.96. The summed E-state index contributed by atoms with van der Waals surface area (Å²) in [7, 11) is 0. The van der Waals surface area contributed by atoms with Gasteiger partial charge in [-0.15, -0.1) is 0 Å². The average Bonchev–Trinajstić information content (AvgIpc) is 3.20. The molecule has 3 rings (SSSR count). The molecule has 1 fully saturated rings. The second-order valence-electron chi connectivity index (χ2n) is 5.46. The second-order valence-corrected chi connectivity index (χ2v) is 5.46. The Kier molecular flexibility index (Phi) is 3.29. The van der Waals surface area contributed by atoms with Gasteiger partial charge in [0.15, 0.2) is 5.54 Å². The van der Waals surface area contributed by atoms with E-state index in [1.54, 1.807) is 0 Å². The number of aromatic nitrogens is 2. The molecule has 0 saturated heterocycles. The number of hydrogen-bond acceptors (Lipinski definition) is 3. The van der Waals surface area contributed by atoms with E-state index in [2.05, 4.69) is 16.5 Å². The summed E-state index contributed by atoms with van der Waals surface area (Å²) in [6.07, 6.45) is 4.22. The molecule has 1 aromatic heterocycles. The summed E-state index contributed by atoms with van der Waals surface area (Å²) in [5.74, 6) is 0. The molecule has 1 aromatic carbocycles. The summed E-state index contributed by atoms with van der Waals surface area (Å²) in [6.45, 7) is 2.49. The highest BCUT2D eigenvalue weighted by Crippen LogP contribution is 2.29. The van der Waals surface area contributed by atoms with E-state index in [-0.39, 0.29) is 0 Å². The molecule has 0 aliphatic heterocycles. The Hall–Kier alpha value is -2.12. The van der Waals surface area contributed by atoms with Crippen LogP contribution in [0.25, 0.3) is 0 Å². The van der Waals surface area contributed by atoms with Gasteiger partial charge < -0.3 is 0 Å². The molecule has 4 heteroatoms. The first-order chi connectivity index (χ1) is 9.72. The van der Waals surface area contributed by atoms with E-state index in [0.29, 0.717) is 12.6 Å². The van der Waals surface area contributed by atoms with Gasteiger partial charge >= 0.3 is 0 Å². The van der Waals surface area contributed by atoms with Crippen LogP contribution in [-0.4, -0.2) is 15.8 Å². The van der Waals surface area contributed by atoms with Crippen LogP contribution in [0.5, 0.6) is 0 Å². The van der Waals surface area contributed by atoms with E-state index in [1.165, 1.54) is 0 Å². The smallest absolute Gasteiger partial charge is 0.152 e. The molecule has 0 amide bonds. The Labute approximate surface area is 119 Å². The molecule has 1 unspecified atom stereocenters. The predicted octanol–water partition coefficient (Wildman–Crippen LogP) is 2.36. The number of rotatable bonds is 5. The molecule has 2 aromatic rings. The van der Waals surface area contributed by atoms with E-state index in [9.17, 15) is 5.26 Å². The monoisotopic (exact) mass is 266 g/mol. The highest BCUT2D eigenvalue weighted by Gasteiger charge is 2.38. The third-order valence-electron chi connectivity index (χ3n) is 3.66. The van der Waals surface area contributed by atoms with Gasteiger partial charge in [0.1, 0.15) is 0 Å². The minimum Gasteiger partial charge on any atom is -0.291 e. The number of nitrogens with zero attached hydrogens (tertiary/aromatic N) is 3. The standard InChI is InChI=1S/C16H18N4/c1-13-9-10-20(19-13)12-16(11-17,18-15-7-8-15)14-5-3-2-4-6-14/h2-6,9-10,15,18H,7-8,12H2,1H3. The normalized spacial score (nSPS) is 17.4. The van der Waals surface area contributed by atoms with Gasteiger partial charge in [-0.05, 0) is 31.4 Å². The molecule has 1 aliphatic rings. The maximum Gasteiger partial charge on any atom is 0.152 e. The number of aryl methyl sites for hydroxylation is 1. The Balaban J connectivity index is 1.95. The van der Waals surface area contributed by atoms with Crippen molar-refractivity contribution in [3.05, 3.63) is 53.9 Å². The van der Waals surface area contributed by atoms with E-state index in [0.717, 1.165) is 24.1 Å². The molecular formula is C16H18N4. The largest absolute Gasteiger partial charge is 0.291 e. The van der Waals surface area contributed by atoms with E-state index >= 15 is 0 Å². The minimum absolute atomic E-state index is 0.450. The van der Waals surface area contributed by atoms with Gasteiger partial charge in [0.2, 0.25) is 0 Å². The van der Waals surface area contributed by atoms with Crippen LogP contribution in [0.1, 0.15) is 24.1 Å². The summed E-state index contributed by atoms with van der Waals surface area (Å²) < 4.78 is 1.85. The second kappa shape index (κ2) is 5.10. The molecule has 1 N–H and O–H groups in total. The van der Waals surface area contributed by atoms with Crippen LogP contribution in [-0.2, 0) is 12.1 Å². The van der Waals surface area contributed by atoms with Crippen LogP contribution in [0.4, 0.5) is 0 Å². The Morgan fingerprint density at radius 3 is 2.65 bits per heavy atom. The maximum absolute atomic E-state index is 9.82. The molecule has 1 atom stereocenters. The minimum atomic E-state index is -0.707. The van der Waals surface area contributed by atoms with Crippen molar-refractivity contribution in [1.29, 1.82) is 5.26 Å². The zero-order chi connectivity index (χ0) is 14.0. The summed E-state index contributed by atoms with van der Waals surface area (Å²) in [4.78, 5) is 0. The van der Waals surface area contributed by atoms with E-state index in [1.807, 2.05) is 54.2 Å². The molecule has 0 spiro atoms. The zero-order valence-corrected chi connectivity index (χ0v) is 11.6. The van der Waals surface area contributed by atoms with E-state index in [4.69, 9.17) is 0 Å². The van der Waals surface area contributed by atoms with Gasteiger partial charge in [-0.1, -0.05) is 30.3 Å². The number of benzene rings is 1. The van der Waals surface area contributed by atoms with Crippen molar-refractivity contribution in [3.8, 4) is 6.07 Å². The fourth-order valence-electron chi connectivity index (χ4n) is 2.45. The lowest BCUT2D eigenvalue weighted by Gasteiger charge is -2.28. The lowest BCUT2D eigenvalue weighted by molar-refractivity contribution is 0.347. The summed E-state index contributed by atoms with van der Waals surface area (Å²) >= 11 is 0. The molecule has 0 radical (unpaired) electrons. The number of nitrogens with one attached hydrogen (secondary N) is 1. The van der Waals surface area contributed by atoms with Gasteiger partial charge in [-0.3, -0.25) is 10.00 Å². The molecular weight excluding hydrogens is 248 g/mol. The van der Waals surface area contributed by atoms with Crippen molar-refractivity contribution in [2.45, 2.75) is 37.9 Å². The molecule has 1 saturated carbocycles. The SMILES string of the molecule is Cc1ccn(CC(C#N)(NC2CC2)c2ccccc2)n1. The summed E-state index contributed by atoms with van der Waals surface area (Å²) in [5.41, 5.74) is 1.26. The van der Waals surface area contributed by atoms with Crippen LogP contribution in [0, 0.1) is 18.3 Å². The fraction of sp³-hybridized carbons (Fsp3) is 0.375. The van der Waals surface area contributed by atoms with E-state index < -0.39 is 5.54 Å². The van der Waals surface area contributed by atoms with Crippen LogP contribution in [0.15, 0.2) is 42.6 Å². The lowest BCUT2D eigenvalue weighted by Crippen LogP contribution is -2.46. The lowest BCUT2D eigenvalue weighted by atomic mass is 9.91. The van der Waals surface area contributed by atoms with Crippen molar-refractivity contribution >= 4 is 0 Å². The maximum atomic E-state index is 9.82. The summed E-state index contributed by atoms with van der Waals surface area (Å²) in [5, 5.41) is 17.7. The van der Waals surface area contributed by atoms with Crippen molar-refractivity contribution in [3.63, 3.8) is 0 Å². The third-order valence-corrected chi connectivity index (χ3v) is 3.66. The van der Waals surface area contributed by atoms with Gasteiger partial charge in [-0.2, -0.15) is 10.4 Å². The van der Waals surface area contributed by atoms with Gasteiger partial charge in [-0.25, -0.2) is 0 Å². The van der Waals surface area contributed by atoms with Crippen LogP contribution < -0.4 is 5.32 Å². The molecule has 4 nitrogen and oxygen atoms in total. The van der Waals surface area contributed by atoms with Crippen molar-refractivity contribution in [2.75, 3.05) is 0 Å². The fourth-order valence-corrected chi connectivity index (χ4v) is 2.45. The molecule has 1 aliphatic carbocycles. The highest BCUT2D eigenvalue weighted by molar-refractivity contribution is 5.32. The average molecular weight is 266 g/mol. The third kappa shape index (κ3) is 2.59. The number of hydrogen-bond donors (Lipinski definition) is 1. The summed E-state index contributed by atoms with van der Waals surface area (Å²) in [6, 6.07) is 14.8. The molecule has 0 bridgehead atoms. The molecule has 102 valence electrons.